The lowest BCUT2D eigenvalue weighted by Gasteiger charge is -2.33. The van der Waals surface area contributed by atoms with Crippen LogP contribution in [0.2, 0.25) is 0 Å². The summed E-state index contributed by atoms with van der Waals surface area (Å²) in [4.78, 5) is 5.87. The van der Waals surface area contributed by atoms with E-state index in [1.54, 1.807) is 4.31 Å². The van der Waals surface area contributed by atoms with E-state index in [-0.39, 0.29) is 0 Å². The number of aromatic nitrogens is 1. The van der Waals surface area contributed by atoms with Crippen LogP contribution in [0.1, 0.15) is 16.8 Å². The Morgan fingerprint density at radius 3 is 2.60 bits per heavy atom. The van der Waals surface area contributed by atoms with Crippen molar-refractivity contribution in [3.05, 3.63) is 65.4 Å². The van der Waals surface area contributed by atoms with Gasteiger partial charge in [0.15, 0.2) is 0 Å². The zero-order valence-electron chi connectivity index (χ0n) is 17.1. The summed E-state index contributed by atoms with van der Waals surface area (Å²) in [5.41, 5.74) is 7.17. The Morgan fingerprint density at radius 2 is 1.80 bits per heavy atom. The maximum Gasteiger partial charge on any atom is 0.211 e. The minimum absolute atomic E-state index is 0.567. The SMILES string of the molecule is CS(=O)(=O)N1CCN(Cc2ccc3[nH]c(C4=Cc5ccccc5NC4)cc3c2)CC1. The second-order valence-electron chi connectivity index (χ2n) is 8.15. The zero-order chi connectivity index (χ0) is 20.7. The molecule has 0 spiro atoms. The van der Waals surface area contributed by atoms with Crippen molar-refractivity contribution in [3.63, 3.8) is 0 Å². The Morgan fingerprint density at radius 1 is 1.00 bits per heavy atom. The fraction of sp³-hybridized carbons (Fsp3) is 0.304. The van der Waals surface area contributed by atoms with Gasteiger partial charge in [0.25, 0.3) is 0 Å². The molecule has 0 aliphatic carbocycles. The number of aromatic amines is 1. The Kier molecular flexibility index (Phi) is 4.89. The minimum atomic E-state index is -3.09. The van der Waals surface area contributed by atoms with E-state index in [4.69, 9.17) is 0 Å². The lowest BCUT2D eigenvalue weighted by molar-refractivity contribution is 0.182. The molecular weight excluding hydrogens is 396 g/mol. The molecule has 7 heteroatoms. The van der Waals surface area contributed by atoms with Gasteiger partial charge >= 0.3 is 0 Å². The van der Waals surface area contributed by atoms with Gasteiger partial charge in [-0.2, -0.15) is 4.31 Å². The summed E-state index contributed by atoms with van der Waals surface area (Å²) in [5, 5.41) is 4.70. The number of fused-ring (bicyclic) bond motifs is 2. The fourth-order valence-electron chi connectivity index (χ4n) is 4.32. The van der Waals surface area contributed by atoms with Gasteiger partial charge in [-0.3, -0.25) is 4.90 Å². The molecule has 0 radical (unpaired) electrons. The maximum absolute atomic E-state index is 11.7. The average Bonchev–Trinajstić information content (AvgIpc) is 3.16. The highest BCUT2D eigenvalue weighted by Gasteiger charge is 2.23. The molecule has 1 aromatic heterocycles. The van der Waals surface area contributed by atoms with E-state index in [9.17, 15) is 8.42 Å². The predicted molar refractivity (Wildman–Crippen MR) is 123 cm³/mol. The summed E-state index contributed by atoms with van der Waals surface area (Å²) in [6.45, 7) is 4.31. The molecule has 156 valence electrons. The number of para-hydroxylation sites is 1. The van der Waals surface area contributed by atoms with Crippen LogP contribution in [-0.4, -0.2) is 61.6 Å². The van der Waals surface area contributed by atoms with E-state index >= 15 is 0 Å². The first-order valence-corrected chi connectivity index (χ1v) is 12.1. The molecule has 0 saturated carbocycles. The van der Waals surface area contributed by atoms with Gasteiger partial charge in [0.05, 0.1) is 6.26 Å². The standard InChI is InChI=1S/C23H26N4O2S/c1-30(28,29)27-10-8-26(9-11-27)16-17-6-7-22-19(12-17)14-23(25-22)20-13-18-4-2-3-5-21(18)24-15-20/h2-7,12-14,24-25H,8-11,15-16H2,1H3. The van der Waals surface area contributed by atoms with Crippen LogP contribution in [0.3, 0.4) is 0 Å². The van der Waals surface area contributed by atoms with E-state index in [1.165, 1.54) is 34.0 Å². The van der Waals surface area contributed by atoms with Crippen molar-refractivity contribution >= 4 is 38.3 Å². The van der Waals surface area contributed by atoms with Crippen molar-refractivity contribution in [1.82, 2.24) is 14.2 Å². The first-order valence-electron chi connectivity index (χ1n) is 10.3. The molecule has 2 aromatic carbocycles. The Hall–Kier alpha value is -2.61. The molecule has 1 fully saturated rings. The average molecular weight is 423 g/mol. The summed E-state index contributed by atoms with van der Waals surface area (Å²) in [6, 6.07) is 17.1. The van der Waals surface area contributed by atoms with Gasteiger partial charge in [-0.25, -0.2) is 8.42 Å². The van der Waals surface area contributed by atoms with Gasteiger partial charge in [-0.1, -0.05) is 24.3 Å². The minimum Gasteiger partial charge on any atom is -0.380 e. The summed E-state index contributed by atoms with van der Waals surface area (Å²) < 4.78 is 25.0. The van der Waals surface area contributed by atoms with Crippen LogP contribution >= 0.6 is 0 Å². The number of hydrogen-bond acceptors (Lipinski definition) is 4. The molecule has 1 saturated heterocycles. The molecule has 2 aliphatic heterocycles. The Labute approximate surface area is 177 Å². The molecule has 0 unspecified atom stereocenters. The molecule has 2 aliphatic rings. The molecule has 5 rings (SSSR count). The quantitative estimate of drug-likeness (QED) is 0.678. The van der Waals surface area contributed by atoms with Crippen molar-refractivity contribution < 1.29 is 8.42 Å². The van der Waals surface area contributed by atoms with Crippen LogP contribution in [0.4, 0.5) is 5.69 Å². The van der Waals surface area contributed by atoms with E-state index in [1.807, 2.05) is 0 Å². The molecule has 3 heterocycles. The predicted octanol–water partition coefficient (Wildman–Crippen LogP) is 3.21. The maximum atomic E-state index is 11.7. The number of nitrogens with zero attached hydrogens (tertiary/aromatic N) is 2. The van der Waals surface area contributed by atoms with Gasteiger partial charge in [0.1, 0.15) is 0 Å². The van der Waals surface area contributed by atoms with Crippen molar-refractivity contribution in [2.24, 2.45) is 0 Å². The molecule has 3 aromatic rings. The molecule has 0 amide bonds. The Bertz CT molecular complexity index is 1220. The topological polar surface area (TPSA) is 68.4 Å². The van der Waals surface area contributed by atoms with Crippen molar-refractivity contribution in [2.75, 3.05) is 44.3 Å². The summed E-state index contributed by atoms with van der Waals surface area (Å²) >= 11 is 0. The number of H-pyrrole nitrogens is 1. The summed E-state index contributed by atoms with van der Waals surface area (Å²) in [6.07, 6.45) is 3.54. The number of benzene rings is 2. The third-order valence-electron chi connectivity index (χ3n) is 6.00. The number of anilines is 1. The number of piperazine rings is 1. The van der Waals surface area contributed by atoms with E-state index in [0.29, 0.717) is 13.1 Å². The van der Waals surface area contributed by atoms with E-state index in [0.717, 1.165) is 37.4 Å². The highest BCUT2D eigenvalue weighted by Crippen LogP contribution is 2.30. The van der Waals surface area contributed by atoms with Gasteiger partial charge in [-0.15, -0.1) is 0 Å². The van der Waals surface area contributed by atoms with Crippen LogP contribution in [0.5, 0.6) is 0 Å². The normalized spacial score (nSPS) is 18.1. The molecule has 2 N–H and O–H groups in total. The van der Waals surface area contributed by atoms with Crippen LogP contribution in [0.25, 0.3) is 22.6 Å². The van der Waals surface area contributed by atoms with Gasteiger partial charge < -0.3 is 10.3 Å². The first kappa shape index (κ1) is 19.4. The highest BCUT2D eigenvalue weighted by molar-refractivity contribution is 7.88. The molecule has 0 bridgehead atoms. The third-order valence-corrected chi connectivity index (χ3v) is 7.30. The van der Waals surface area contributed by atoms with Crippen molar-refractivity contribution in [3.8, 4) is 0 Å². The first-order chi connectivity index (χ1) is 14.5. The molecule has 0 atom stereocenters. The van der Waals surface area contributed by atoms with Gasteiger partial charge in [0.2, 0.25) is 10.0 Å². The highest BCUT2D eigenvalue weighted by atomic mass is 32.2. The van der Waals surface area contributed by atoms with Crippen molar-refractivity contribution in [2.45, 2.75) is 6.54 Å². The number of hydrogen-bond donors (Lipinski definition) is 2. The van der Waals surface area contributed by atoms with Crippen LogP contribution in [0, 0.1) is 0 Å². The monoisotopic (exact) mass is 422 g/mol. The van der Waals surface area contributed by atoms with E-state index < -0.39 is 10.0 Å². The van der Waals surface area contributed by atoms with Crippen molar-refractivity contribution in [1.29, 1.82) is 0 Å². The molecule has 6 nitrogen and oxygen atoms in total. The van der Waals surface area contributed by atoms with Crippen LogP contribution < -0.4 is 5.32 Å². The molecular formula is C23H26N4O2S. The van der Waals surface area contributed by atoms with Crippen LogP contribution in [-0.2, 0) is 16.6 Å². The van der Waals surface area contributed by atoms with Crippen LogP contribution in [0.15, 0.2) is 48.5 Å². The summed E-state index contributed by atoms with van der Waals surface area (Å²) in [5.74, 6) is 0. The van der Waals surface area contributed by atoms with Gasteiger partial charge in [0, 0.05) is 61.6 Å². The number of nitrogens with one attached hydrogen (secondary N) is 2. The lowest BCUT2D eigenvalue weighted by atomic mass is 10.0. The fourth-order valence-corrected chi connectivity index (χ4v) is 5.14. The van der Waals surface area contributed by atoms with E-state index in [2.05, 4.69) is 69.8 Å². The second-order valence-corrected chi connectivity index (χ2v) is 10.1. The third kappa shape index (κ3) is 3.88. The summed E-state index contributed by atoms with van der Waals surface area (Å²) in [7, 11) is -3.09. The largest absolute Gasteiger partial charge is 0.380 e. The second kappa shape index (κ2) is 7.58. The number of sulfonamides is 1. The zero-order valence-corrected chi connectivity index (χ0v) is 17.9. The molecule has 30 heavy (non-hydrogen) atoms. The van der Waals surface area contributed by atoms with Gasteiger partial charge in [-0.05, 0) is 47.0 Å². The lowest BCUT2D eigenvalue weighted by Crippen LogP contribution is -2.47. The number of rotatable bonds is 4. The Balaban J connectivity index is 1.32. The smallest absolute Gasteiger partial charge is 0.211 e.